The summed E-state index contributed by atoms with van der Waals surface area (Å²) in [5, 5.41) is 3.24. The van der Waals surface area contributed by atoms with Crippen LogP contribution in [-0.2, 0) is 0 Å². The van der Waals surface area contributed by atoms with Crippen molar-refractivity contribution in [3.05, 3.63) is 0 Å². The standard InChI is InChI=1S/C2H7N5S.ClH/c3-2(8)7-6-1-5-4;/h1H,4H2,(H,5,6)(H3,3,7,8);1H. The van der Waals surface area contributed by atoms with Crippen molar-refractivity contribution in [2.45, 2.75) is 0 Å². The largest absolute Gasteiger partial charge is 0.375 e. The Labute approximate surface area is 64.2 Å². The lowest BCUT2D eigenvalue weighted by atomic mass is 11.2. The minimum absolute atomic E-state index is 0. The summed E-state index contributed by atoms with van der Waals surface area (Å²) in [7, 11) is 0. The zero-order valence-corrected chi connectivity index (χ0v) is 6.13. The van der Waals surface area contributed by atoms with Gasteiger partial charge in [0.2, 0.25) is 0 Å². The monoisotopic (exact) mass is 169 g/mol. The lowest BCUT2D eigenvalue weighted by molar-refractivity contribution is 0.881. The molecule has 7 heteroatoms. The summed E-state index contributed by atoms with van der Waals surface area (Å²) >= 11 is 4.41. The quantitative estimate of drug-likeness (QED) is 0.135. The highest BCUT2D eigenvalue weighted by molar-refractivity contribution is 7.80. The Balaban J connectivity index is 0. The van der Waals surface area contributed by atoms with Gasteiger partial charge in [0, 0.05) is 0 Å². The maximum Gasteiger partial charge on any atom is 0.182 e. The van der Waals surface area contributed by atoms with Gasteiger partial charge in [-0.15, -0.1) is 12.4 Å². The number of hydrogen-bond donors (Lipinski definition) is 4. The topological polar surface area (TPSA) is 88.5 Å². The van der Waals surface area contributed by atoms with Crippen LogP contribution in [0.3, 0.4) is 0 Å². The maximum absolute atomic E-state index is 4.99. The highest BCUT2D eigenvalue weighted by Crippen LogP contribution is 1.46. The normalized spacial score (nSPS) is 8.00. The summed E-state index contributed by atoms with van der Waals surface area (Å²) in [6.07, 6.45) is 1.22. The predicted molar refractivity (Wildman–Crippen MR) is 43.0 cm³/mol. The molecule has 9 heavy (non-hydrogen) atoms. The van der Waals surface area contributed by atoms with E-state index < -0.39 is 0 Å². The Kier molecular flexibility index (Phi) is 8.94. The van der Waals surface area contributed by atoms with Crippen molar-refractivity contribution >= 4 is 36.1 Å². The van der Waals surface area contributed by atoms with Gasteiger partial charge in [0.15, 0.2) is 5.11 Å². The summed E-state index contributed by atoms with van der Waals surface area (Å²) in [5.41, 5.74) is 9.77. The fraction of sp³-hybridized carbons (Fsp3) is 0. The molecule has 0 aromatic rings. The molecule has 0 aromatic carbocycles. The van der Waals surface area contributed by atoms with E-state index in [0.717, 1.165) is 0 Å². The number of nitrogens with one attached hydrogen (secondary N) is 2. The molecule has 0 unspecified atom stereocenters. The summed E-state index contributed by atoms with van der Waals surface area (Å²) in [4.78, 5) is 0. The molecule has 0 bridgehead atoms. The Bertz CT molecular complexity index is 103. The third-order valence-corrected chi connectivity index (χ3v) is 0.437. The second-order valence-corrected chi connectivity index (χ2v) is 1.35. The lowest BCUT2D eigenvalue weighted by Crippen LogP contribution is -2.40. The molecule has 0 saturated carbocycles. The number of hydrazone groups is 1. The maximum atomic E-state index is 4.99. The number of rotatable bonds is 2. The van der Waals surface area contributed by atoms with Crippen LogP contribution < -0.4 is 22.4 Å². The van der Waals surface area contributed by atoms with Crippen LogP contribution in [-0.4, -0.2) is 11.5 Å². The molecule has 54 valence electrons. The molecule has 0 atom stereocenters. The van der Waals surface area contributed by atoms with E-state index >= 15 is 0 Å². The van der Waals surface area contributed by atoms with E-state index in [-0.39, 0.29) is 17.5 Å². The fourth-order valence-corrected chi connectivity index (χ4v) is 0.200. The Hall–Kier alpha value is -0.750. The summed E-state index contributed by atoms with van der Waals surface area (Å²) in [5.74, 6) is 4.70. The molecule has 0 radical (unpaired) electrons. The highest BCUT2D eigenvalue weighted by Gasteiger charge is 1.75. The molecular weight excluding hydrogens is 162 g/mol. The van der Waals surface area contributed by atoms with E-state index in [1.54, 1.807) is 0 Å². The minimum Gasteiger partial charge on any atom is -0.375 e. The summed E-state index contributed by atoms with van der Waals surface area (Å²) < 4.78 is 0. The van der Waals surface area contributed by atoms with Crippen molar-refractivity contribution in [2.75, 3.05) is 0 Å². The molecule has 0 aliphatic carbocycles. The molecule has 0 heterocycles. The van der Waals surface area contributed by atoms with Gasteiger partial charge in [0.05, 0.1) is 0 Å². The number of nitrogens with zero attached hydrogens (tertiary/aromatic N) is 1. The van der Waals surface area contributed by atoms with Gasteiger partial charge in [0.1, 0.15) is 6.34 Å². The fourth-order valence-electron chi connectivity index (χ4n) is 0.141. The lowest BCUT2D eigenvalue weighted by Gasteiger charge is -1.97. The van der Waals surface area contributed by atoms with Crippen LogP contribution >= 0.6 is 24.6 Å². The van der Waals surface area contributed by atoms with Gasteiger partial charge in [-0.25, -0.2) is 0 Å². The molecule has 0 fully saturated rings. The van der Waals surface area contributed by atoms with Gasteiger partial charge < -0.3 is 11.6 Å². The number of halogens is 1. The first-order valence-corrected chi connectivity index (χ1v) is 2.21. The van der Waals surface area contributed by atoms with Crippen LogP contribution in [0, 0.1) is 0 Å². The van der Waals surface area contributed by atoms with Crippen LogP contribution in [0.25, 0.3) is 0 Å². The first-order valence-electron chi connectivity index (χ1n) is 1.80. The van der Waals surface area contributed by atoms with Crippen LogP contribution in [0.4, 0.5) is 0 Å². The first-order chi connectivity index (χ1) is 3.77. The van der Waals surface area contributed by atoms with Crippen molar-refractivity contribution in [1.82, 2.24) is 10.9 Å². The van der Waals surface area contributed by atoms with Crippen molar-refractivity contribution in [2.24, 2.45) is 16.7 Å². The summed E-state index contributed by atoms with van der Waals surface area (Å²) in [6.45, 7) is 0. The van der Waals surface area contributed by atoms with Gasteiger partial charge in [-0.3, -0.25) is 10.9 Å². The molecule has 0 spiro atoms. The van der Waals surface area contributed by atoms with E-state index in [1.807, 2.05) is 0 Å². The molecule has 0 amide bonds. The number of hydrazine groups is 1. The van der Waals surface area contributed by atoms with E-state index in [4.69, 9.17) is 11.6 Å². The zero-order valence-electron chi connectivity index (χ0n) is 4.50. The number of hydrogen-bond acceptors (Lipinski definition) is 3. The zero-order chi connectivity index (χ0) is 6.41. The molecule has 0 saturated heterocycles. The van der Waals surface area contributed by atoms with E-state index in [9.17, 15) is 0 Å². The third-order valence-electron chi connectivity index (χ3n) is 0.334. The summed E-state index contributed by atoms with van der Waals surface area (Å²) in [6, 6.07) is 0. The van der Waals surface area contributed by atoms with Gasteiger partial charge in [-0.2, -0.15) is 5.10 Å². The second-order valence-electron chi connectivity index (χ2n) is 0.912. The van der Waals surface area contributed by atoms with Crippen molar-refractivity contribution in [3.63, 3.8) is 0 Å². The molecule has 6 N–H and O–H groups in total. The molecule has 5 nitrogen and oxygen atoms in total. The molecule has 0 aliphatic heterocycles. The van der Waals surface area contributed by atoms with E-state index in [2.05, 4.69) is 28.2 Å². The molecule has 0 aliphatic rings. The van der Waals surface area contributed by atoms with Crippen LogP contribution in [0.1, 0.15) is 0 Å². The van der Waals surface area contributed by atoms with Gasteiger partial charge >= 0.3 is 0 Å². The highest BCUT2D eigenvalue weighted by atomic mass is 35.5. The Morgan fingerprint density at radius 2 is 2.22 bits per heavy atom. The first kappa shape index (κ1) is 11.1. The average molecular weight is 170 g/mol. The third kappa shape index (κ3) is 11.1. The van der Waals surface area contributed by atoms with Crippen molar-refractivity contribution in [1.29, 1.82) is 0 Å². The van der Waals surface area contributed by atoms with E-state index in [1.165, 1.54) is 6.34 Å². The number of thiocarbonyl (C=S) groups is 1. The van der Waals surface area contributed by atoms with Gasteiger partial charge in [-0.1, -0.05) is 0 Å². The van der Waals surface area contributed by atoms with Crippen molar-refractivity contribution in [3.8, 4) is 0 Å². The van der Waals surface area contributed by atoms with Gasteiger partial charge in [0.25, 0.3) is 0 Å². The van der Waals surface area contributed by atoms with Gasteiger partial charge in [-0.05, 0) is 12.2 Å². The Morgan fingerprint density at radius 3 is 2.56 bits per heavy atom. The smallest absolute Gasteiger partial charge is 0.182 e. The van der Waals surface area contributed by atoms with Crippen LogP contribution in [0.15, 0.2) is 5.10 Å². The van der Waals surface area contributed by atoms with Crippen molar-refractivity contribution < 1.29 is 0 Å². The SMILES string of the molecule is Cl.NN=CNNC(N)=S. The average Bonchev–Trinajstić information content (AvgIpc) is 1.66. The van der Waals surface area contributed by atoms with E-state index in [0.29, 0.717) is 0 Å². The predicted octanol–water partition coefficient (Wildman–Crippen LogP) is -1.35. The minimum atomic E-state index is 0. The number of nitrogens with two attached hydrogens (primary N) is 2. The van der Waals surface area contributed by atoms with Crippen LogP contribution in [0.5, 0.6) is 0 Å². The molecular formula is C2H8ClN5S. The Morgan fingerprint density at radius 1 is 1.67 bits per heavy atom. The second kappa shape index (κ2) is 7.25. The van der Waals surface area contributed by atoms with Crippen LogP contribution in [0.2, 0.25) is 0 Å². The molecule has 0 aromatic heterocycles. The molecule has 0 rings (SSSR count).